The molecule has 0 radical (unpaired) electrons. The highest BCUT2D eigenvalue weighted by atomic mass is 32.2. The van der Waals surface area contributed by atoms with Crippen LogP contribution in [0.25, 0.3) is 0 Å². The summed E-state index contributed by atoms with van der Waals surface area (Å²) < 4.78 is 26.7. The van der Waals surface area contributed by atoms with Crippen molar-refractivity contribution in [3.05, 3.63) is 0 Å². The summed E-state index contributed by atoms with van der Waals surface area (Å²) in [6, 6.07) is 0. The van der Waals surface area contributed by atoms with Crippen LogP contribution in [0.15, 0.2) is 0 Å². The molecular weight excluding hydrogens is 192 g/mol. The Labute approximate surface area is 79.2 Å². The van der Waals surface area contributed by atoms with Gasteiger partial charge >= 0.3 is 5.97 Å². The van der Waals surface area contributed by atoms with E-state index < -0.39 is 9.84 Å². The van der Waals surface area contributed by atoms with Gasteiger partial charge in [-0.1, -0.05) is 6.92 Å². The molecule has 0 aliphatic heterocycles. The molecule has 78 valence electrons. The van der Waals surface area contributed by atoms with Gasteiger partial charge in [0, 0.05) is 12.2 Å². The molecule has 0 rings (SSSR count). The lowest BCUT2D eigenvalue weighted by atomic mass is 10.3. The molecule has 0 bridgehead atoms. The van der Waals surface area contributed by atoms with Crippen LogP contribution in [0.1, 0.15) is 26.2 Å². The summed E-state index contributed by atoms with van der Waals surface area (Å²) in [6.45, 7) is 1.82. The summed E-state index contributed by atoms with van der Waals surface area (Å²) in [7, 11) is -1.65. The number of hydrogen-bond donors (Lipinski definition) is 0. The molecule has 0 aliphatic rings. The molecule has 0 saturated heterocycles. The van der Waals surface area contributed by atoms with Gasteiger partial charge in [-0.3, -0.25) is 4.79 Å². The van der Waals surface area contributed by atoms with E-state index in [0.717, 1.165) is 0 Å². The number of methoxy groups -OCH3 is 1. The van der Waals surface area contributed by atoms with Crippen molar-refractivity contribution >= 4 is 15.8 Å². The maximum absolute atomic E-state index is 11.1. The maximum Gasteiger partial charge on any atom is 0.305 e. The first-order valence-corrected chi connectivity index (χ1v) is 6.11. The minimum Gasteiger partial charge on any atom is -0.469 e. The van der Waals surface area contributed by atoms with Gasteiger partial charge in [-0.2, -0.15) is 0 Å². The van der Waals surface area contributed by atoms with Crippen LogP contribution in [0.4, 0.5) is 0 Å². The van der Waals surface area contributed by atoms with Crippen LogP contribution in [0.2, 0.25) is 0 Å². The lowest BCUT2D eigenvalue weighted by Crippen LogP contribution is -2.12. The number of esters is 1. The zero-order valence-electron chi connectivity index (χ0n) is 8.08. The molecule has 0 amide bonds. The maximum atomic E-state index is 11.1. The van der Waals surface area contributed by atoms with Crippen LogP contribution in [0.3, 0.4) is 0 Å². The summed E-state index contributed by atoms with van der Waals surface area (Å²) in [5.74, 6) is -0.0731. The van der Waals surface area contributed by atoms with Gasteiger partial charge in [-0.15, -0.1) is 0 Å². The summed E-state index contributed by atoms with van der Waals surface area (Å²) >= 11 is 0. The highest BCUT2D eigenvalue weighted by Gasteiger charge is 2.10. The molecule has 0 fully saturated rings. The first kappa shape index (κ1) is 12.4. The fourth-order valence-corrected chi connectivity index (χ4v) is 2.36. The molecule has 0 aromatic heterocycles. The fourth-order valence-electron chi connectivity index (χ4n) is 0.952. The van der Waals surface area contributed by atoms with Crippen LogP contribution in [0, 0.1) is 0 Å². The molecule has 0 aromatic rings. The van der Waals surface area contributed by atoms with Crippen molar-refractivity contribution in [1.29, 1.82) is 0 Å². The molecule has 13 heavy (non-hydrogen) atoms. The Morgan fingerprint density at radius 2 is 1.92 bits per heavy atom. The van der Waals surface area contributed by atoms with Crippen molar-refractivity contribution < 1.29 is 17.9 Å². The normalized spacial score (nSPS) is 11.2. The fraction of sp³-hybridized carbons (Fsp3) is 0.875. The first-order chi connectivity index (χ1) is 6.02. The molecule has 0 unspecified atom stereocenters. The quantitative estimate of drug-likeness (QED) is 0.605. The largest absolute Gasteiger partial charge is 0.469 e. The van der Waals surface area contributed by atoms with Crippen LogP contribution in [-0.2, 0) is 19.4 Å². The summed E-state index contributed by atoms with van der Waals surface area (Å²) in [5.41, 5.74) is 0. The van der Waals surface area contributed by atoms with Crippen molar-refractivity contribution in [2.75, 3.05) is 18.6 Å². The Kier molecular flexibility index (Phi) is 5.70. The van der Waals surface area contributed by atoms with E-state index in [2.05, 4.69) is 4.74 Å². The highest BCUT2D eigenvalue weighted by Crippen LogP contribution is 2.00. The Bertz CT molecular complexity index is 243. The van der Waals surface area contributed by atoms with E-state index in [9.17, 15) is 13.2 Å². The number of sulfone groups is 1. The van der Waals surface area contributed by atoms with Gasteiger partial charge in [0.2, 0.25) is 0 Å². The molecule has 5 heteroatoms. The third-order valence-corrected chi connectivity index (χ3v) is 3.52. The number of carbonyl (C=O) groups is 1. The molecular formula is C8H16O4S. The van der Waals surface area contributed by atoms with E-state index in [1.54, 1.807) is 0 Å². The van der Waals surface area contributed by atoms with Crippen molar-refractivity contribution in [1.82, 2.24) is 0 Å². The summed E-state index contributed by atoms with van der Waals surface area (Å²) in [5, 5.41) is 0. The molecule has 0 aliphatic carbocycles. The second-order valence-corrected chi connectivity index (χ2v) is 5.14. The standard InChI is InChI=1S/C8H16O4S/c1-3-6-13(10,11)7-4-5-8(9)12-2/h3-7H2,1-2H3. The van der Waals surface area contributed by atoms with Crippen molar-refractivity contribution in [2.24, 2.45) is 0 Å². The minimum atomic E-state index is -2.94. The summed E-state index contributed by atoms with van der Waals surface area (Å²) in [6.07, 6.45) is 1.16. The third kappa shape index (κ3) is 6.57. The Hall–Kier alpha value is -0.580. The Morgan fingerprint density at radius 1 is 1.31 bits per heavy atom. The lowest BCUT2D eigenvalue weighted by Gasteiger charge is -2.01. The SMILES string of the molecule is CCCS(=O)(=O)CCCC(=O)OC. The van der Waals surface area contributed by atoms with E-state index >= 15 is 0 Å². The van der Waals surface area contributed by atoms with E-state index in [-0.39, 0.29) is 23.9 Å². The van der Waals surface area contributed by atoms with Crippen LogP contribution >= 0.6 is 0 Å². The van der Waals surface area contributed by atoms with Crippen LogP contribution < -0.4 is 0 Å². The van der Waals surface area contributed by atoms with Crippen molar-refractivity contribution in [3.8, 4) is 0 Å². The van der Waals surface area contributed by atoms with Gasteiger partial charge < -0.3 is 4.74 Å². The highest BCUT2D eigenvalue weighted by molar-refractivity contribution is 7.91. The predicted molar refractivity (Wildman–Crippen MR) is 50.2 cm³/mol. The molecule has 0 N–H and O–H groups in total. The average Bonchev–Trinajstić information content (AvgIpc) is 2.03. The number of carbonyl (C=O) groups excluding carboxylic acids is 1. The van der Waals surface area contributed by atoms with Gasteiger partial charge in [0.05, 0.1) is 12.9 Å². The van der Waals surface area contributed by atoms with Crippen molar-refractivity contribution in [3.63, 3.8) is 0 Å². The lowest BCUT2D eigenvalue weighted by molar-refractivity contribution is -0.140. The van der Waals surface area contributed by atoms with Gasteiger partial charge in [0.25, 0.3) is 0 Å². The van der Waals surface area contributed by atoms with Crippen LogP contribution in [0.5, 0.6) is 0 Å². The van der Waals surface area contributed by atoms with Gasteiger partial charge in [-0.25, -0.2) is 8.42 Å². The van der Waals surface area contributed by atoms with E-state index in [1.165, 1.54) is 7.11 Å². The molecule has 0 atom stereocenters. The molecule has 0 saturated carbocycles. The second kappa shape index (κ2) is 5.96. The molecule has 0 heterocycles. The van der Waals surface area contributed by atoms with Crippen LogP contribution in [-0.4, -0.2) is 33.0 Å². The minimum absolute atomic E-state index is 0.0793. The monoisotopic (exact) mass is 208 g/mol. The van der Waals surface area contributed by atoms with Crippen molar-refractivity contribution in [2.45, 2.75) is 26.2 Å². The van der Waals surface area contributed by atoms with Gasteiger partial charge in [0.15, 0.2) is 0 Å². The topological polar surface area (TPSA) is 60.4 Å². The predicted octanol–water partition coefficient (Wildman–Crippen LogP) is 0.764. The Balaban J connectivity index is 3.70. The molecule has 4 nitrogen and oxygen atoms in total. The van der Waals surface area contributed by atoms with E-state index in [1.807, 2.05) is 6.92 Å². The van der Waals surface area contributed by atoms with E-state index in [0.29, 0.717) is 12.8 Å². The molecule has 0 spiro atoms. The Morgan fingerprint density at radius 3 is 2.38 bits per heavy atom. The average molecular weight is 208 g/mol. The van der Waals surface area contributed by atoms with Gasteiger partial charge in [-0.05, 0) is 12.8 Å². The smallest absolute Gasteiger partial charge is 0.305 e. The number of hydrogen-bond acceptors (Lipinski definition) is 4. The third-order valence-electron chi connectivity index (χ3n) is 1.58. The van der Waals surface area contributed by atoms with E-state index in [4.69, 9.17) is 0 Å². The first-order valence-electron chi connectivity index (χ1n) is 4.29. The molecule has 0 aromatic carbocycles. The zero-order valence-corrected chi connectivity index (χ0v) is 8.89. The van der Waals surface area contributed by atoms with Gasteiger partial charge in [0.1, 0.15) is 9.84 Å². The number of rotatable bonds is 6. The second-order valence-electron chi connectivity index (χ2n) is 2.83. The number of ether oxygens (including phenoxy) is 1. The summed E-state index contributed by atoms with van der Waals surface area (Å²) in [4.78, 5) is 10.6. The zero-order chi connectivity index (χ0) is 10.3.